The van der Waals surface area contributed by atoms with Crippen LogP contribution in [-0.2, 0) is 13.0 Å². The SMILES string of the molecule is Cc1nc(CNCC2Cc3cc(Br)ccc3O2)no1. The van der Waals surface area contributed by atoms with Gasteiger partial charge in [0.2, 0.25) is 5.89 Å². The van der Waals surface area contributed by atoms with E-state index in [9.17, 15) is 0 Å². The first kappa shape index (κ1) is 12.6. The summed E-state index contributed by atoms with van der Waals surface area (Å²) in [6, 6.07) is 6.11. The first-order valence-corrected chi connectivity index (χ1v) is 6.95. The molecule has 0 saturated carbocycles. The highest BCUT2D eigenvalue weighted by Gasteiger charge is 2.22. The smallest absolute Gasteiger partial charge is 0.223 e. The molecule has 0 amide bonds. The number of hydrogen-bond acceptors (Lipinski definition) is 5. The van der Waals surface area contributed by atoms with Gasteiger partial charge in [0.05, 0.1) is 6.54 Å². The molecule has 5 nitrogen and oxygen atoms in total. The molecule has 1 aromatic carbocycles. The lowest BCUT2D eigenvalue weighted by Gasteiger charge is -2.10. The van der Waals surface area contributed by atoms with E-state index in [4.69, 9.17) is 9.26 Å². The van der Waals surface area contributed by atoms with E-state index in [0.29, 0.717) is 18.3 Å². The number of aryl methyl sites for hydroxylation is 1. The number of halogens is 1. The molecule has 1 atom stereocenters. The lowest BCUT2D eigenvalue weighted by molar-refractivity contribution is 0.226. The second-order valence-electron chi connectivity index (χ2n) is 4.56. The van der Waals surface area contributed by atoms with Crippen LogP contribution in [0.1, 0.15) is 17.3 Å². The Bertz CT molecular complexity index is 585. The quantitative estimate of drug-likeness (QED) is 0.935. The molecular formula is C13H14BrN3O2. The summed E-state index contributed by atoms with van der Waals surface area (Å²) >= 11 is 3.47. The van der Waals surface area contributed by atoms with Gasteiger partial charge in [-0.2, -0.15) is 4.98 Å². The molecule has 0 bridgehead atoms. The summed E-state index contributed by atoms with van der Waals surface area (Å²) in [6.07, 6.45) is 1.09. The average molecular weight is 324 g/mol. The first-order valence-electron chi connectivity index (χ1n) is 6.16. The third-order valence-electron chi connectivity index (χ3n) is 2.99. The Labute approximate surface area is 119 Å². The fourth-order valence-corrected chi connectivity index (χ4v) is 2.57. The third kappa shape index (κ3) is 2.96. The number of ether oxygens (including phenoxy) is 1. The highest BCUT2D eigenvalue weighted by molar-refractivity contribution is 9.10. The normalized spacial score (nSPS) is 17.3. The Morgan fingerprint density at radius 2 is 2.37 bits per heavy atom. The minimum absolute atomic E-state index is 0.164. The zero-order valence-electron chi connectivity index (χ0n) is 10.5. The van der Waals surface area contributed by atoms with E-state index in [2.05, 4.69) is 37.5 Å². The van der Waals surface area contributed by atoms with Gasteiger partial charge < -0.3 is 14.6 Å². The molecule has 1 unspecified atom stereocenters. The lowest BCUT2D eigenvalue weighted by atomic mass is 10.1. The van der Waals surface area contributed by atoms with Gasteiger partial charge in [0, 0.05) is 24.4 Å². The molecule has 2 aromatic rings. The average Bonchev–Trinajstić information content (AvgIpc) is 2.95. The summed E-state index contributed by atoms with van der Waals surface area (Å²) in [5.41, 5.74) is 1.25. The summed E-state index contributed by atoms with van der Waals surface area (Å²) in [5, 5.41) is 7.12. The van der Waals surface area contributed by atoms with Crippen molar-refractivity contribution in [2.24, 2.45) is 0 Å². The summed E-state index contributed by atoms with van der Waals surface area (Å²) in [6.45, 7) is 3.14. The first-order chi connectivity index (χ1) is 9.20. The van der Waals surface area contributed by atoms with Gasteiger partial charge in [-0.15, -0.1) is 0 Å². The number of hydrogen-bond donors (Lipinski definition) is 1. The van der Waals surface area contributed by atoms with Crippen molar-refractivity contribution in [1.29, 1.82) is 0 Å². The van der Waals surface area contributed by atoms with E-state index in [1.807, 2.05) is 12.1 Å². The van der Waals surface area contributed by atoms with E-state index in [1.165, 1.54) is 5.56 Å². The highest BCUT2D eigenvalue weighted by Crippen LogP contribution is 2.30. The topological polar surface area (TPSA) is 60.2 Å². The van der Waals surface area contributed by atoms with Crippen molar-refractivity contribution < 1.29 is 9.26 Å². The van der Waals surface area contributed by atoms with Gasteiger partial charge in [-0.1, -0.05) is 21.1 Å². The highest BCUT2D eigenvalue weighted by atomic mass is 79.9. The standard InChI is InChI=1S/C13H14BrN3O2/c1-8-16-13(17-19-8)7-15-6-11-5-9-4-10(14)2-3-12(9)18-11/h2-4,11,15H,5-7H2,1H3. The minimum atomic E-state index is 0.164. The summed E-state index contributed by atoms with van der Waals surface area (Å²) in [5.74, 6) is 2.24. The van der Waals surface area contributed by atoms with E-state index in [1.54, 1.807) is 6.92 Å². The fourth-order valence-electron chi connectivity index (χ4n) is 2.16. The molecule has 3 rings (SSSR count). The molecule has 0 fully saturated rings. The number of nitrogens with one attached hydrogen (secondary N) is 1. The van der Waals surface area contributed by atoms with E-state index >= 15 is 0 Å². The molecular weight excluding hydrogens is 310 g/mol. The van der Waals surface area contributed by atoms with Crippen LogP contribution in [0.4, 0.5) is 0 Å². The van der Waals surface area contributed by atoms with Crippen LogP contribution in [0, 0.1) is 6.92 Å². The van der Waals surface area contributed by atoms with Gasteiger partial charge >= 0.3 is 0 Å². The Morgan fingerprint density at radius 1 is 1.47 bits per heavy atom. The Balaban J connectivity index is 1.51. The second kappa shape index (κ2) is 5.30. The van der Waals surface area contributed by atoms with Gasteiger partial charge in [-0.05, 0) is 23.8 Å². The molecule has 1 aliphatic rings. The Hall–Kier alpha value is -1.40. The van der Waals surface area contributed by atoms with Crippen molar-refractivity contribution in [3.05, 3.63) is 40.0 Å². The van der Waals surface area contributed by atoms with E-state index < -0.39 is 0 Å². The van der Waals surface area contributed by atoms with Crippen molar-refractivity contribution in [2.75, 3.05) is 6.54 Å². The molecule has 100 valence electrons. The summed E-state index contributed by atoms with van der Waals surface area (Å²) in [7, 11) is 0. The number of nitrogens with zero attached hydrogens (tertiary/aromatic N) is 2. The Kier molecular flexibility index (Phi) is 3.52. The molecule has 6 heteroatoms. The van der Waals surface area contributed by atoms with Crippen molar-refractivity contribution in [3.8, 4) is 5.75 Å². The third-order valence-corrected chi connectivity index (χ3v) is 3.48. The van der Waals surface area contributed by atoms with Crippen molar-refractivity contribution in [1.82, 2.24) is 15.5 Å². The predicted octanol–water partition coefficient (Wildman–Crippen LogP) is 2.23. The predicted molar refractivity (Wildman–Crippen MR) is 73.0 cm³/mol. The van der Waals surface area contributed by atoms with Crippen LogP contribution < -0.4 is 10.1 Å². The van der Waals surface area contributed by atoms with Gasteiger partial charge in [0.1, 0.15) is 11.9 Å². The van der Waals surface area contributed by atoms with Crippen LogP contribution in [0.2, 0.25) is 0 Å². The van der Waals surface area contributed by atoms with E-state index in [0.717, 1.165) is 23.2 Å². The monoisotopic (exact) mass is 323 g/mol. The van der Waals surface area contributed by atoms with Crippen LogP contribution in [0.3, 0.4) is 0 Å². The fraction of sp³-hybridized carbons (Fsp3) is 0.385. The van der Waals surface area contributed by atoms with Crippen molar-refractivity contribution >= 4 is 15.9 Å². The number of benzene rings is 1. The van der Waals surface area contributed by atoms with Gasteiger partial charge in [0.25, 0.3) is 0 Å². The number of fused-ring (bicyclic) bond motifs is 1. The Morgan fingerprint density at radius 3 is 3.16 bits per heavy atom. The van der Waals surface area contributed by atoms with Crippen LogP contribution in [0.15, 0.2) is 27.2 Å². The van der Waals surface area contributed by atoms with Gasteiger partial charge in [-0.25, -0.2) is 0 Å². The molecule has 1 aromatic heterocycles. The van der Waals surface area contributed by atoms with Gasteiger partial charge in [-0.3, -0.25) is 0 Å². The van der Waals surface area contributed by atoms with Crippen LogP contribution in [0.25, 0.3) is 0 Å². The molecule has 0 spiro atoms. The molecule has 1 aliphatic heterocycles. The number of aromatic nitrogens is 2. The maximum atomic E-state index is 5.86. The molecule has 2 heterocycles. The maximum absolute atomic E-state index is 5.86. The number of rotatable bonds is 4. The lowest BCUT2D eigenvalue weighted by Crippen LogP contribution is -2.30. The summed E-state index contributed by atoms with van der Waals surface area (Å²) in [4.78, 5) is 4.14. The zero-order valence-corrected chi connectivity index (χ0v) is 12.1. The van der Waals surface area contributed by atoms with Crippen molar-refractivity contribution in [2.45, 2.75) is 26.0 Å². The molecule has 19 heavy (non-hydrogen) atoms. The van der Waals surface area contributed by atoms with E-state index in [-0.39, 0.29) is 6.10 Å². The van der Waals surface area contributed by atoms with Crippen LogP contribution in [-0.4, -0.2) is 22.8 Å². The van der Waals surface area contributed by atoms with Crippen LogP contribution in [0.5, 0.6) is 5.75 Å². The molecule has 0 saturated heterocycles. The minimum Gasteiger partial charge on any atom is -0.488 e. The van der Waals surface area contributed by atoms with Crippen LogP contribution >= 0.6 is 15.9 Å². The molecule has 1 N–H and O–H groups in total. The van der Waals surface area contributed by atoms with Gasteiger partial charge in [0.15, 0.2) is 5.82 Å². The molecule has 0 aliphatic carbocycles. The second-order valence-corrected chi connectivity index (χ2v) is 5.47. The molecule has 0 radical (unpaired) electrons. The largest absolute Gasteiger partial charge is 0.488 e. The summed E-state index contributed by atoms with van der Waals surface area (Å²) < 4.78 is 11.9. The van der Waals surface area contributed by atoms with Crippen molar-refractivity contribution in [3.63, 3.8) is 0 Å². The maximum Gasteiger partial charge on any atom is 0.223 e. The zero-order chi connectivity index (χ0) is 13.2.